The van der Waals surface area contributed by atoms with E-state index in [2.05, 4.69) is 17.5 Å². The van der Waals surface area contributed by atoms with Crippen molar-refractivity contribution in [3.05, 3.63) is 0 Å². The van der Waals surface area contributed by atoms with Crippen LogP contribution in [0.3, 0.4) is 0 Å². The van der Waals surface area contributed by atoms with Crippen LogP contribution in [0.15, 0.2) is 0 Å². The van der Waals surface area contributed by atoms with Crippen LogP contribution in [-0.4, -0.2) is 41.5 Å². The predicted octanol–water partition coefficient (Wildman–Crippen LogP) is 2.71. The second kappa shape index (κ2) is 6.44. The van der Waals surface area contributed by atoms with Gasteiger partial charge in [-0.05, 0) is 43.3 Å². The normalized spacial score (nSPS) is 24.2. The molecular formula is C14H27NOS. The van der Waals surface area contributed by atoms with Crippen LogP contribution in [0.25, 0.3) is 0 Å². The van der Waals surface area contributed by atoms with Crippen LogP contribution >= 0.6 is 12.6 Å². The third-order valence-corrected chi connectivity index (χ3v) is 5.40. The van der Waals surface area contributed by atoms with Gasteiger partial charge >= 0.3 is 0 Å². The molecule has 17 heavy (non-hydrogen) atoms. The molecule has 0 radical (unpaired) electrons. The highest BCUT2D eigenvalue weighted by Crippen LogP contribution is 2.41. The Morgan fingerprint density at radius 1 is 1.18 bits per heavy atom. The van der Waals surface area contributed by atoms with E-state index in [0.29, 0.717) is 12.0 Å². The van der Waals surface area contributed by atoms with E-state index in [0.717, 1.165) is 24.8 Å². The fourth-order valence-electron chi connectivity index (χ4n) is 3.34. The fraction of sp³-hybridized carbons (Fsp3) is 1.00. The van der Waals surface area contributed by atoms with E-state index in [1.807, 2.05) is 0 Å². The maximum atomic E-state index is 9.03. The van der Waals surface area contributed by atoms with Gasteiger partial charge < -0.3 is 5.11 Å². The Bertz CT molecular complexity index is 224. The predicted molar refractivity (Wildman–Crippen MR) is 75.7 cm³/mol. The van der Waals surface area contributed by atoms with Crippen molar-refractivity contribution in [2.75, 3.05) is 25.4 Å². The van der Waals surface area contributed by atoms with E-state index in [9.17, 15) is 0 Å². The minimum Gasteiger partial charge on any atom is -0.396 e. The summed E-state index contributed by atoms with van der Waals surface area (Å²) in [5.41, 5.74) is 0.480. The van der Waals surface area contributed by atoms with Gasteiger partial charge in [-0.25, -0.2) is 0 Å². The average Bonchev–Trinajstić information content (AvgIpc) is 2.73. The zero-order valence-corrected chi connectivity index (χ0v) is 11.8. The number of hydrogen-bond donors (Lipinski definition) is 2. The zero-order valence-electron chi connectivity index (χ0n) is 10.9. The molecule has 0 heterocycles. The molecule has 2 aliphatic carbocycles. The molecule has 100 valence electrons. The number of thiol groups is 1. The lowest BCUT2D eigenvalue weighted by Gasteiger charge is -2.42. The first-order chi connectivity index (χ1) is 8.29. The van der Waals surface area contributed by atoms with Crippen LogP contribution < -0.4 is 0 Å². The summed E-state index contributed by atoms with van der Waals surface area (Å²) >= 11 is 4.61. The summed E-state index contributed by atoms with van der Waals surface area (Å²) in [7, 11) is 0. The molecule has 0 unspecified atom stereocenters. The van der Waals surface area contributed by atoms with Gasteiger partial charge in [0.2, 0.25) is 0 Å². The van der Waals surface area contributed by atoms with Crippen molar-refractivity contribution in [1.82, 2.24) is 4.90 Å². The molecule has 0 saturated heterocycles. The van der Waals surface area contributed by atoms with E-state index < -0.39 is 0 Å². The standard InChI is InChI=1S/C14H27NOS/c16-10-4-9-15(13-5-3-6-13)11-14(12-17)7-1-2-8-14/h13,16-17H,1-12H2. The van der Waals surface area contributed by atoms with E-state index in [4.69, 9.17) is 5.11 Å². The number of nitrogens with zero attached hydrogens (tertiary/aromatic N) is 1. The van der Waals surface area contributed by atoms with Gasteiger partial charge in [-0.15, -0.1) is 0 Å². The maximum absolute atomic E-state index is 9.03. The Hall–Kier alpha value is 0.270. The lowest BCUT2D eigenvalue weighted by Crippen LogP contribution is -2.47. The van der Waals surface area contributed by atoms with Crippen molar-refractivity contribution in [3.8, 4) is 0 Å². The summed E-state index contributed by atoms with van der Waals surface area (Å²) in [5, 5.41) is 9.03. The van der Waals surface area contributed by atoms with Crippen LogP contribution in [-0.2, 0) is 0 Å². The number of aliphatic hydroxyl groups is 1. The van der Waals surface area contributed by atoms with Gasteiger partial charge in [-0.2, -0.15) is 12.6 Å². The fourth-order valence-corrected chi connectivity index (χ4v) is 3.75. The first kappa shape index (κ1) is 13.7. The highest BCUT2D eigenvalue weighted by atomic mass is 32.1. The van der Waals surface area contributed by atoms with Gasteiger partial charge in [-0.1, -0.05) is 19.3 Å². The van der Waals surface area contributed by atoms with Crippen molar-refractivity contribution < 1.29 is 5.11 Å². The second-order valence-corrected chi connectivity index (χ2v) is 6.31. The maximum Gasteiger partial charge on any atom is 0.0443 e. The topological polar surface area (TPSA) is 23.5 Å². The Morgan fingerprint density at radius 3 is 2.35 bits per heavy atom. The largest absolute Gasteiger partial charge is 0.396 e. The SMILES string of the molecule is OCCCN(CC1(CS)CCCC1)C1CCC1. The van der Waals surface area contributed by atoms with Crippen molar-refractivity contribution in [1.29, 1.82) is 0 Å². The molecule has 2 fully saturated rings. The van der Waals surface area contributed by atoms with Crippen LogP contribution in [0.4, 0.5) is 0 Å². The number of hydrogen-bond acceptors (Lipinski definition) is 3. The van der Waals surface area contributed by atoms with E-state index in [1.54, 1.807) is 0 Å². The molecule has 0 atom stereocenters. The minimum atomic E-state index is 0.330. The Labute approximate surface area is 111 Å². The molecule has 1 N–H and O–H groups in total. The summed E-state index contributed by atoms with van der Waals surface area (Å²) in [6.07, 6.45) is 10.6. The summed E-state index contributed by atoms with van der Waals surface area (Å²) in [5.74, 6) is 1.04. The lowest BCUT2D eigenvalue weighted by atomic mass is 9.84. The second-order valence-electron chi connectivity index (χ2n) is 6.00. The van der Waals surface area contributed by atoms with Gasteiger partial charge in [0.05, 0.1) is 0 Å². The minimum absolute atomic E-state index is 0.330. The lowest BCUT2D eigenvalue weighted by molar-refractivity contribution is 0.0728. The molecule has 2 rings (SSSR count). The first-order valence-electron chi connectivity index (χ1n) is 7.25. The molecule has 0 spiro atoms. The molecule has 0 aromatic carbocycles. The Balaban J connectivity index is 1.90. The third-order valence-electron chi connectivity index (χ3n) is 4.73. The monoisotopic (exact) mass is 257 g/mol. The van der Waals surface area contributed by atoms with Crippen molar-refractivity contribution in [2.24, 2.45) is 5.41 Å². The Morgan fingerprint density at radius 2 is 1.88 bits per heavy atom. The highest BCUT2D eigenvalue weighted by Gasteiger charge is 2.36. The van der Waals surface area contributed by atoms with Gasteiger partial charge in [0.1, 0.15) is 0 Å². The molecular weight excluding hydrogens is 230 g/mol. The van der Waals surface area contributed by atoms with E-state index in [1.165, 1.54) is 51.5 Å². The highest BCUT2D eigenvalue weighted by molar-refractivity contribution is 7.80. The van der Waals surface area contributed by atoms with Crippen LogP contribution in [0.2, 0.25) is 0 Å². The summed E-state index contributed by atoms with van der Waals surface area (Å²) in [6, 6.07) is 0.805. The number of rotatable bonds is 7. The first-order valence-corrected chi connectivity index (χ1v) is 7.89. The van der Waals surface area contributed by atoms with Gasteiger partial charge in [-0.3, -0.25) is 4.90 Å². The molecule has 2 saturated carbocycles. The zero-order chi connectivity index (χ0) is 12.1. The molecule has 0 aliphatic heterocycles. The van der Waals surface area contributed by atoms with Gasteiger partial charge in [0.15, 0.2) is 0 Å². The third kappa shape index (κ3) is 3.39. The van der Waals surface area contributed by atoms with Crippen LogP contribution in [0.5, 0.6) is 0 Å². The summed E-state index contributed by atoms with van der Waals surface area (Å²) < 4.78 is 0. The average molecular weight is 257 g/mol. The quantitative estimate of drug-likeness (QED) is 0.685. The van der Waals surface area contributed by atoms with Gasteiger partial charge in [0.25, 0.3) is 0 Å². The number of aliphatic hydroxyl groups excluding tert-OH is 1. The van der Waals surface area contributed by atoms with Crippen molar-refractivity contribution in [2.45, 2.75) is 57.4 Å². The molecule has 2 aliphatic rings. The van der Waals surface area contributed by atoms with Crippen molar-refractivity contribution >= 4 is 12.6 Å². The summed E-state index contributed by atoms with van der Waals surface area (Å²) in [4.78, 5) is 2.65. The van der Waals surface area contributed by atoms with E-state index in [-0.39, 0.29) is 0 Å². The molecule has 0 aromatic rings. The molecule has 0 amide bonds. The smallest absolute Gasteiger partial charge is 0.0443 e. The molecule has 2 nitrogen and oxygen atoms in total. The van der Waals surface area contributed by atoms with Crippen LogP contribution in [0.1, 0.15) is 51.4 Å². The van der Waals surface area contributed by atoms with Gasteiger partial charge in [0, 0.05) is 25.7 Å². The molecule has 0 aromatic heterocycles. The summed E-state index contributed by atoms with van der Waals surface area (Å²) in [6.45, 7) is 2.63. The van der Waals surface area contributed by atoms with Crippen LogP contribution in [0, 0.1) is 5.41 Å². The molecule has 3 heteroatoms. The Kier molecular flexibility index (Phi) is 5.19. The van der Waals surface area contributed by atoms with E-state index >= 15 is 0 Å². The van der Waals surface area contributed by atoms with Crippen molar-refractivity contribution in [3.63, 3.8) is 0 Å². The molecule has 0 bridgehead atoms.